The molecule has 0 aliphatic carbocycles. The molecule has 1 aliphatic rings. The van der Waals surface area contributed by atoms with Gasteiger partial charge in [-0.15, -0.1) is 0 Å². The molecule has 1 saturated heterocycles. The van der Waals surface area contributed by atoms with E-state index in [-0.39, 0.29) is 22.6 Å². The Hall–Kier alpha value is -3.09. The number of hydrogen-bond donors (Lipinski definition) is 1. The van der Waals surface area contributed by atoms with Crippen LogP contribution in [-0.2, 0) is 0 Å². The summed E-state index contributed by atoms with van der Waals surface area (Å²) in [5.74, 6) is 1.52. The van der Waals surface area contributed by atoms with E-state index in [2.05, 4.69) is 9.97 Å². The van der Waals surface area contributed by atoms with Gasteiger partial charge in [-0.05, 0) is 37.8 Å². The molecule has 0 saturated carbocycles. The van der Waals surface area contributed by atoms with Crippen LogP contribution in [0.25, 0.3) is 11.1 Å². The molecule has 0 bridgehead atoms. The minimum Gasteiger partial charge on any atom is -0.493 e. The van der Waals surface area contributed by atoms with Gasteiger partial charge in [0.25, 0.3) is 11.5 Å². The SMILES string of the molecule is Cc1oc2nc[nH]c(=O)c2c1C(=O)N1CCC(COc2ccccc2)CC1. The Bertz CT molecular complexity index is 1000. The molecule has 0 atom stereocenters. The number of carbonyl (C=O) groups is 1. The van der Waals surface area contributed by atoms with E-state index in [1.807, 2.05) is 30.3 Å². The van der Waals surface area contributed by atoms with Gasteiger partial charge >= 0.3 is 0 Å². The summed E-state index contributed by atoms with van der Waals surface area (Å²) in [6.45, 7) is 3.59. The Labute approximate surface area is 156 Å². The van der Waals surface area contributed by atoms with E-state index in [0.717, 1.165) is 18.6 Å². The van der Waals surface area contributed by atoms with E-state index in [1.165, 1.54) is 6.33 Å². The van der Waals surface area contributed by atoms with Gasteiger partial charge in [-0.1, -0.05) is 18.2 Å². The van der Waals surface area contributed by atoms with Crippen LogP contribution in [0.1, 0.15) is 29.0 Å². The number of fused-ring (bicyclic) bond motifs is 1. The zero-order valence-corrected chi connectivity index (χ0v) is 15.1. The number of aryl methyl sites for hydroxylation is 1. The minimum absolute atomic E-state index is 0.174. The van der Waals surface area contributed by atoms with E-state index in [4.69, 9.17) is 9.15 Å². The molecule has 3 aromatic rings. The van der Waals surface area contributed by atoms with Crippen molar-refractivity contribution in [3.8, 4) is 5.75 Å². The average Bonchev–Trinajstić information content (AvgIpc) is 3.04. The molecule has 1 N–H and O–H groups in total. The van der Waals surface area contributed by atoms with Crippen LogP contribution >= 0.6 is 0 Å². The number of nitrogens with one attached hydrogen (secondary N) is 1. The lowest BCUT2D eigenvalue weighted by Crippen LogP contribution is -2.40. The normalized spacial score (nSPS) is 15.2. The Morgan fingerprint density at radius 2 is 2.04 bits per heavy atom. The molecular formula is C20H21N3O4. The molecule has 7 heteroatoms. The number of furan rings is 1. The van der Waals surface area contributed by atoms with Crippen LogP contribution in [0.3, 0.4) is 0 Å². The first-order valence-corrected chi connectivity index (χ1v) is 9.07. The van der Waals surface area contributed by atoms with Gasteiger partial charge in [-0.3, -0.25) is 9.59 Å². The zero-order chi connectivity index (χ0) is 18.8. The second-order valence-electron chi connectivity index (χ2n) is 6.80. The third kappa shape index (κ3) is 3.45. The van der Waals surface area contributed by atoms with Crippen LogP contribution in [-0.4, -0.2) is 40.5 Å². The van der Waals surface area contributed by atoms with Gasteiger partial charge < -0.3 is 19.0 Å². The molecule has 1 fully saturated rings. The summed E-state index contributed by atoms with van der Waals surface area (Å²) in [5.41, 5.74) is 0.162. The molecule has 0 spiro atoms. The third-order valence-electron chi connectivity index (χ3n) is 5.01. The fourth-order valence-electron chi connectivity index (χ4n) is 3.50. The maximum atomic E-state index is 13.0. The molecule has 0 radical (unpaired) electrons. The summed E-state index contributed by atoms with van der Waals surface area (Å²) in [6.07, 6.45) is 3.00. The maximum absolute atomic E-state index is 13.0. The molecule has 1 aromatic carbocycles. The van der Waals surface area contributed by atoms with Gasteiger partial charge in [0.1, 0.15) is 16.9 Å². The highest BCUT2D eigenvalue weighted by Gasteiger charge is 2.29. The predicted octanol–water partition coefficient (Wildman–Crippen LogP) is 2.76. The number of rotatable bonds is 4. The molecule has 1 amide bonds. The zero-order valence-electron chi connectivity index (χ0n) is 15.1. The van der Waals surface area contributed by atoms with Gasteiger partial charge in [0, 0.05) is 13.1 Å². The monoisotopic (exact) mass is 367 g/mol. The van der Waals surface area contributed by atoms with Crippen LogP contribution in [0.5, 0.6) is 5.75 Å². The number of aromatic nitrogens is 2. The fourth-order valence-corrected chi connectivity index (χ4v) is 3.50. The summed E-state index contributed by atoms with van der Waals surface area (Å²) in [4.78, 5) is 33.4. The van der Waals surface area contributed by atoms with Crippen molar-refractivity contribution in [3.05, 3.63) is 58.3 Å². The number of para-hydroxylation sites is 1. The average molecular weight is 367 g/mol. The number of piperidine rings is 1. The Morgan fingerprint density at radius 3 is 2.78 bits per heavy atom. The van der Waals surface area contributed by atoms with Crippen LogP contribution in [0.2, 0.25) is 0 Å². The van der Waals surface area contributed by atoms with Crippen molar-refractivity contribution < 1.29 is 13.9 Å². The van der Waals surface area contributed by atoms with Crippen LogP contribution in [0, 0.1) is 12.8 Å². The van der Waals surface area contributed by atoms with E-state index >= 15 is 0 Å². The number of benzene rings is 1. The number of nitrogens with zero attached hydrogens (tertiary/aromatic N) is 2. The van der Waals surface area contributed by atoms with Gasteiger partial charge in [-0.25, -0.2) is 4.98 Å². The first kappa shape index (κ1) is 17.3. The van der Waals surface area contributed by atoms with E-state index in [0.29, 0.717) is 36.9 Å². The lowest BCUT2D eigenvalue weighted by Gasteiger charge is -2.31. The highest BCUT2D eigenvalue weighted by molar-refractivity contribution is 6.06. The largest absolute Gasteiger partial charge is 0.493 e. The summed E-state index contributed by atoms with van der Waals surface area (Å²) in [6, 6.07) is 9.74. The van der Waals surface area contributed by atoms with Crippen molar-refractivity contribution in [1.29, 1.82) is 0 Å². The van der Waals surface area contributed by atoms with E-state index < -0.39 is 0 Å². The Kier molecular flexibility index (Phi) is 4.66. The molecule has 1 aliphatic heterocycles. The molecule has 2 aromatic heterocycles. The summed E-state index contributed by atoms with van der Waals surface area (Å²) in [5, 5.41) is 0.231. The van der Waals surface area contributed by atoms with Gasteiger partial charge in [0.05, 0.1) is 18.5 Å². The standard InChI is InChI=1S/C20H21N3O4/c1-13-16(17-18(24)21-12-22-19(17)27-13)20(25)23-9-7-14(8-10-23)11-26-15-5-3-2-4-6-15/h2-6,12,14H,7-11H2,1H3,(H,21,22,24). The summed E-state index contributed by atoms with van der Waals surface area (Å²) < 4.78 is 11.3. The van der Waals surface area contributed by atoms with E-state index in [1.54, 1.807) is 11.8 Å². The van der Waals surface area contributed by atoms with Crippen LogP contribution in [0.4, 0.5) is 0 Å². The number of carbonyl (C=O) groups excluding carboxylic acids is 1. The highest BCUT2D eigenvalue weighted by atomic mass is 16.5. The lowest BCUT2D eigenvalue weighted by atomic mass is 9.97. The van der Waals surface area contributed by atoms with Gasteiger partial charge in [0.2, 0.25) is 5.71 Å². The molecule has 140 valence electrons. The number of likely N-dealkylation sites (tertiary alicyclic amines) is 1. The van der Waals surface area contributed by atoms with Crippen molar-refractivity contribution in [2.24, 2.45) is 5.92 Å². The second kappa shape index (κ2) is 7.26. The number of ether oxygens (including phenoxy) is 1. The third-order valence-corrected chi connectivity index (χ3v) is 5.01. The highest BCUT2D eigenvalue weighted by Crippen LogP contribution is 2.25. The lowest BCUT2D eigenvalue weighted by molar-refractivity contribution is 0.0661. The minimum atomic E-state index is -0.355. The second-order valence-corrected chi connectivity index (χ2v) is 6.80. The van der Waals surface area contributed by atoms with Crippen LogP contribution in [0.15, 0.2) is 45.9 Å². The molecular weight excluding hydrogens is 346 g/mol. The molecule has 0 unspecified atom stereocenters. The molecule has 7 nitrogen and oxygen atoms in total. The first-order chi connectivity index (χ1) is 13.1. The van der Waals surface area contributed by atoms with Gasteiger partial charge in [0.15, 0.2) is 0 Å². The Balaban J connectivity index is 1.42. The quantitative estimate of drug-likeness (QED) is 0.766. The topological polar surface area (TPSA) is 88.4 Å². The molecule has 27 heavy (non-hydrogen) atoms. The Morgan fingerprint density at radius 1 is 1.30 bits per heavy atom. The fraction of sp³-hybridized carbons (Fsp3) is 0.350. The molecule has 3 heterocycles. The van der Waals surface area contributed by atoms with Crippen molar-refractivity contribution in [2.75, 3.05) is 19.7 Å². The van der Waals surface area contributed by atoms with Crippen molar-refractivity contribution in [1.82, 2.24) is 14.9 Å². The number of H-pyrrole nitrogens is 1. The van der Waals surface area contributed by atoms with Crippen molar-refractivity contribution in [3.63, 3.8) is 0 Å². The summed E-state index contributed by atoms with van der Waals surface area (Å²) in [7, 11) is 0. The van der Waals surface area contributed by atoms with Crippen molar-refractivity contribution in [2.45, 2.75) is 19.8 Å². The smallest absolute Gasteiger partial charge is 0.262 e. The predicted molar refractivity (Wildman–Crippen MR) is 99.9 cm³/mol. The summed E-state index contributed by atoms with van der Waals surface area (Å²) >= 11 is 0. The number of amides is 1. The molecule has 4 rings (SSSR count). The number of aromatic amines is 1. The van der Waals surface area contributed by atoms with Crippen LogP contribution < -0.4 is 10.3 Å². The maximum Gasteiger partial charge on any atom is 0.262 e. The van der Waals surface area contributed by atoms with Gasteiger partial charge in [-0.2, -0.15) is 0 Å². The first-order valence-electron chi connectivity index (χ1n) is 9.07. The van der Waals surface area contributed by atoms with E-state index in [9.17, 15) is 9.59 Å². The number of hydrogen-bond acceptors (Lipinski definition) is 5. The van der Waals surface area contributed by atoms with Crippen molar-refractivity contribution >= 4 is 17.0 Å².